The van der Waals surface area contributed by atoms with E-state index in [0.717, 1.165) is 25.7 Å². The van der Waals surface area contributed by atoms with Gasteiger partial charge in [-0.25, -0.2) is 0 Å². The fourth-order valence-electron chi connectivity index (χ4n) is 5.68. The van der Waals surface area contributed by atoms with E-state index in [9.17, 15) is 14.7 Å². The molecule has 0 aliphatic rings. The Kier molecular flexibility index (Phi) is 32.5. The van der Waals surface area contributed by atoms with E-state index in [0.29, 0.717) is 6.42 Å². The van der Waals surface area contributed by atoms with Gasteiger partial charge in [0.25, 0.3) is 0 Å². The number of esters is 1. The minimum atomic E-state index is -0.866. The van der Waals surface area contributed by atoms with Gasteiger partial charge >= 0.3 is 5.97 Å². The number of ether oxygens (including phenoxy) is 1. The van der Waals surface area contributed by atoms with Gasteiger partial charge in [0, 0.05) is 13.3 Å². The summed E-state index contributed by atoms with van der Waals surface area (Å²) < 4.78 is 5.42. The van der Waals surface area contributed by atoms with Crippen molar-refractivity contribution in [2.24, 2.45) is 0 Å². The molecule has 5 heteroatoms. The Labute approximate surface area is 267 Å². The average molecular weight is 608 g/mol. The standard InChI is InChI=1S/C38H73NO4/c1-4-6-8-10-12-14-16-18-19-21-23-25-27-29-31-33-38(42)43-34-36(39-35(3)40)37(41)32-30-28-26-24-22-20-17-15-13-11-9-7-5-2/h30,32,36-37,41H,4-29,31,33-34H2,1-3H3,(H,39,40)/b32-30+/t36-,37+/m0/s1. The molecular weight excluding hydrogens is 534 g/mol. The summed E-state index contributed by atoms with van der Waals surface area (Å²) in [6, 6.07) is -0.615. The molecule has 2 N–H and O–H groups in total. The first-order valence-electron chi connectivity index (χ1n) is 18.8. The maximum absolute atomic E-state index is 12.2. The molecule has 0 aromatic rings. The van der Waals surface area contributed by atoms with Crippen LogP contribution in [0.2, 0.25) is 0 Å². The predicted molar refractivity (Wildman–Crippen MR) is 184 cm³/mol. The maximum Gasteiger partial charge on any atom is 0.305 e. The quantitative estimate of drug-likeness (QED) is 0.0442. The monoisotopic (exact) mass is 608 g/mol. The highest BCUT2D eigenvalue weighted by molar-refractivity contribution is 5.73. The third-order valence-corrected chi connectivity index (χ3v) is 8.52. The SMILES string of the molecule is CCCCCCCCCCCCC/C=C/[C@@H](O)[C@H](COC(=O)CCCCCCCCCCCCCCCCC)NC(C)=O. The number of amides is 1. The highest BCUT2D eigenvalue weighted by Crippen LogP contribution is 2.15. The number of nitrogens with one attached hydrogen (secondary N) is 1. The summed E-state index contributed by atoms with van der Waals surface area (Å²) in [5.41, 5.74) is 0. The number of unbranched alkanes of at least 4 members (excludes halogenated alkanes) is 25. The van der Waals surface area contributed by atoms with Crippen molar-refractivity contribution < 1.29 is 19.4 Å². The van der Waals surface area contributed by atoms with E-state index in [2.05, 4.69) is 19.2 Å². The van der Waals surface area contributed by atoms with Crippen LogP contribution in [-0.4, -0.2) is 35.7 Å². The molecule has 0 radical (unpaired) electrons. The number of aliphatic hydroxyl groups is 1. The summed E-state index contributed by atoms with van der Waals surface area (Å²) in [7, 11) is 0. The highest BCUT2D eigenvalue weighted by Gasteiger charge is 2.20. The average Bonchev–Trinajstić information content (AvgIpc) is 2.99. The molecule has 0 fully saturated rings. The lowest BCUT2D eigenvalue weighted by Gasteiger charge is -2.21. The zero-order chi connectivity index (χ0) is 31.6. The largest absolute Gasteiger partial charge is 0.463 e. The van der Waals surface area contributed by atoms with E-state index in [1.807, 2.05) is 6.08 Å². The fraction of sp³-hybridized carbons (Fsp3) is 0.895. The van der Waals surface area contributed by atoms with Gasteiger partial charge < -0.3 is 15.2 Å². The third-order valence-electron chi connectivity index (χ3n) is 8.52. The number of rotatable bonds is 33. The summed E-state index contributed by atoms with van der Waals surface area (Å²) in [5.74, 6) is -0.483. The van der Waals surface area contributed by atoms with E-state index in [-0.39, 0.29) is 18.5 Å². The first-order chi connectivity index (χ1) is 21.0. The Morgan fingerprint density at radius 3 is 1.37 bits per heavy atom. The van der Waals surface area contributed by atoms with Crippen molar-refractivity contribution in [2.45, 2.75) is 213 Å². The molecule has 254 valence electrons. The van der Waals surface area contributed by atoms with Crippen LogP contribution in [0.3, 0.4) is 0 Å². The van der Waals surface area contributed by atoms with Crippen molar-refractivity contribution >= 4 is 11.9 Å². The normalized spacial score (nSPS) is 12.9. The predicted octanol–water partition coefficient (Wildman–Crippen LogP) is 10.9. The molecule has 0 aromatic heterocycles. The molecule has 0 saturated heterocycles. The number of hydrogen-bond acceptors (Lipinski definition) is 4. The number of aliphatic hydroxyl groups excluding tert-OH is 1. The zero-order valence-electron chi connectivity index (χ0n) is 29.0. The molecule has 0 spiro atoms. The molecule has 0 saturated carbocycles. The second-order valence-corrected chi connectivity index (χ2v) is 12.9. The van der Waals surface area contributed by atoms with Crippen molar-refractivity contribution in [3.63, 3.8) is 0 Å². The van der Waals surface area contributed by atoms with Gasteiger partial charge in [-0.2, -0.15) is 0 Å². The van der Waals surface area contributed by atoms with Crippen LogP contribution in [-0.2, 0) is 14.3 Å². The lowest BCUT2D eigenvalue weighted by molar-refractivity contribution is -0.145. The minimum absolute atomic E-state index is 0.00110. The molecular formula is C38H73NO4. The first-order valence-corrected chi connectivity index (χ1v) is 18.8. The van der Waals surface area contributed by atoms with Gasteiger partial charge in [0.05, 0.1) is 12.1 Å². The van der Waals surface area contributed by atoms with Gasteiger partial charge in [0.15, 0.2) is 0 Å². The van der Waals surface area contributed by atoms with E-state index in [4.69, 9.17) is 4.74 Å². The van der Waals surface area contributed by atoms with Gasteiger partial charge in [-0.05, 0) is 19.3 Å². The lowest BCUT2D eigenvalue weighted by Crippen LogP contribution is -2.45. The van der Waals surface area contributed by atoms with Crippen LogP contribution in [0.5, 0.6) is 0 Å². The summed E-state index contributed by atoms with van der Waals surface area (Å²) in [4.78, 5) is 23.9. The van der Waals surface area contributed by atoms with Crippen LogP contribution >= 0.6 is 0 Å². The van der Waals surface area contributed by atoms with E-state index >= 15 is 0 Å². The van der Waals surface area contributed by atoms with Gasteiger partial charge in [0.1, 0.15) is 6.61 Å². The molecule has 0 heterocycles. The Morgan fingerprint density at radius 2 is 0.977 bits per heavy atom. The Bertz CT molecular complexity index is 635. The molecule has 2 atom stereocenters. The second kappa shape index (κ2) is 33.5. The van der Waals surface area contributed by atoms with Crippen LogP contribution in [0.25, 0.3) is 0 Å². The molecule has 5 nitrogen and oxygen atoms in total. The van der Waals surface area contributed by atoms with Crippen LogP contribution < -0.4 is 5.32 Å². The first kappa shape index (κ1) is 41.6. The summed E-state index contributed by atoms with van der Waals surface area (Å²) in [5, 5.41) is 13.3. The Balaban J connectivity index is 3.81. The van der Waals surface area contributed by atoms with Crippen LogP contribution in [0, 0.1) is 0 Å². The van der Waals surface area contributed by atoms with Gasteiger partial charge in [-0.1, -0.05) is 180 Å². The summed E-state index contributed by atoms with van der Waals surface area (Å²) in [6.07, 6.45) is 38.0. The topological polar surface area (TPSA) is 75.6 Å². The minimum Gasteiger partial charge on any atom is -0.463 e. The summed E-state index contributed by atoms with van der Waals surface area (Å²) >= 11 is 0. The van der Waals surface area contributed by atoms with E-state index < -0.39 is 12.1 Å². The van der Waals surface area contributed by atoms with Crippen LogP contribution in [0.4, 0.5) is 0 Å². The smallest absolute Gasteiger partial charge is 0.305 e. The Hall–Kier alpha value is -1.36. The van der Waals surface area contributed by atoms with Gasteiger partial charge in [-0.15, -0.1) is 0 Å². The number of hydrogen-bond donors (Lipinski definition) is 2. The molecule has 0 aliphatic heterocycles. The summed E-state index contributed by atoms with van der Waals surface area (Å²) in [6.45, 7) is 5.96. The Morgan fingerprint density at radius 1 is 0.605 bits per heavy atom. The molecule has 43 heavy (non-hydrogen) atoms. The van der Waals surface area contributed by atoms with Crippen molar-refractivity contribution in [1.82, 2.24) is 5.32 Å². The number of carbonyl (C=O) groups is 2. The number of carbonyl (C=O) groups excluding carboxylic acids is 2. The molecule has 0 aliphatic carbocycles. The van der Waals surface area contributed by atoms with E-state index in [1.165, 1.54) is 155 Å². The van der Waals surface area contributed by atoms with Crippen molar-refractivity contribution in [3.05, 3.63) is 12.2 Å². The third kappa shape index (κ3) is 31.9. The molecule has 0 bridgehead atoms. The van der Waals surface area contributed by atoms with Gasteiger partial charge in [-0.3, -0.25) is 9.59 Å². The van der Waals surface area contributed by atoms with Crippen molar-refractivity contribution in [3.8, 4) is 0 Å². The molecule has 1 amide bonds. The van der Waals surface area contributed by atoms with Gasteiger partial charge in [0.2, 0.25) is 5.91 Å². The second-order valence-electron chi connectivity index (χ2n) is 12.9. The zero-order valence-corrected chi connectivity index (χ0v) is 29.0. The van der Waals surface area contributed by atoms with Crippen molar-refractivity contribution in [1.29, 1.82) is 0 Å². The van der Waals surface area contributed by atoms with Crippen LogP contribution in [0.15, 0.2) is 12.2 Å². The molecule has 0 aromatic carbocycles. The lowest BCUT2D eigenvalue weighted by atomic mass is 10.0. The maximum atomic E-state index is 12.2. The number of allylic oxidation sites excluding steroid dienone is 1. The highest BCUT2D eigenvalue weighted by atomic mass is 16.5. The van der Waals surface area contributed by atoms with E-state index in [1.54, 1.807) is 6.08 Å². The molecule has 0 rings (SSSR count). The molecule has 0 unspecified atom stereocenters. The fourth-order valence-corrected chi connectivity index (χ4v) is 5.68. The van der Waals surface area contributed by atoms with Crippen LogP contribution in [0.1, 0.15) is 201 Å². The van der Waals surface area contributed by atoms with Crippen molar-refractivity contribution in [2.75, 3.05) is 6.61 Å².